The van der Waals surface area contributed by atoms with Gasteiger partial charge < -0.3 is 11.1 Å². The lowest BCUT2D eigenvalue weighted by Gasteiger charge is -2.35. The van der Waals surface area contributed by atoms with Crippen LogP contribution in [0.15, 0.2) is 18.5 Å². The third kappa shape index (κ3) is 3.17. The molecule has 1 aromatic rings. The first-order valence-corrected chi connectivity index (χ1v) is 7.54. The molecule has 0 spiro atoms. The fourth-order valence-electron chi connectivity index (χ4n) is 2.84. The van der Waals surface area contributed by atoms with E-state index in [1.54, 1.807) is 10.9 Å². The molecule has 1 aliphatic rings. The van der Waals surface area contributed by atoms with Crippen LogP contribution in [-0.2, 0) is 11.3 Å². The van der Waals surface area contributed by atoms with Gasteiger partial charge in [0, 0.05) is 18.4 Å². The molecule has 1 atom stereocenters. The van der Waals surface area contributed by atoms with E-state index in [1.165, 1.54) is 0 Å². The van der Waals surface area contributed by atoms with Gasteiger partial charge in [-0.05, 0) is 25.8 Å². The van der Waals surface area contributed by atoms with Crippen molar-refractivity contribution in [3.63, 3.8) is 0 Å². The van der Waals surface area contributed by atoms with E-state index >= 15 is 0 Å². The summed E-state index contributed by atoms with van der Waals surface area (Å²) in [7, 11) is 0. The van der Waals surface area contributed by atoms with Crippen LogP contribution in [0.1, 0.15) is 39.0 Å². The van der Waals surface area contributed by atoms with Crippen molar-refractivity contribution in [3.05, 3.63) is 18.5 Å². The van der Waals surface area contributed by atoms with Gasteiger partial charge in [-0.25, -0.2) is 0 Å². The maximum Gasteiger partial charge on any atom is 0.233 e. The Kier molecular flexibility index (Phi) is 4.75. The largest absolute Gasteiger partial charge is 0.392 e. The fraction of sp³-hybridized carbons (Fsp3) is 0.643. The van der Waals surface area contributed by atoms with E-state index in [0.29, 0.717) is 11.5 Å². The van der Waals surface area contributed by atoms with Gasteiger partial charge in [-0.15, -0.1) is 0 Å². The summed E-state index contributed by atoms with van der Waals surface area (Å²) in [5.41, 5.74) is 5.22. The predicted molar refractivity (Wildman–Crippen MR) is 82.1 cm³/mol. The van der Waals surface area contributed by atoms with Crippen molar-refractivity contribution in [2.45, 2.75) is 51.6 Å². The number of aromatic nitrogens is 2. The molecule has 1 fully saturated rings. The Morgan fingerprint density at radius 1 is 1.50 bits per heavy atom. The molecule has 5 nitrogen and oxygen atoms in total. The molecule has 20 heavy (non-hydrogen) atoms. The number of carbonyl (C=O) groups excluding carboxylic acids is 1. The topological polar surface area (TPSA) is 72.9 Å². The maximum absolute atomic E-state index is 12.6. The zero-order valence-corrected chi connectivity index (χ0v) is 12.7. The van der Waals surface area contributed by atoms with E-state index in [4.69, 9.17) is 18.0 Å². The quantitative estimate of drug-likeness (QED) is 0.810. The van der Waals surface area contributed by atoms with Crippen LogP contribution in [0.25, 0.3) is 0 Å². The molecule has 3 N–H and O–H groups in total. The Morgan fingerprint density at radius 2 is 2.20 bits per heavy atom. The number of thiocarbonyl (C=S) groups is 1. The minimum absolute atomic E-state index is 0.00412. The second-order valence-electron chi connectivity index (χ2n) is 5.61. The molecule has 1 aliphatic carbocycles. The van der Waals surface area contributed by atoms with E-state index in [2.05, 4.69) is 10.4 Å². The second-order valence-corrected chi connectivity index (χ2v) is 6.05. The summed E-state index contributed by atoms with van der Waals surface area (Å²) in [5.74, 6) is -0.0237. The molecule has 2 rings (SSSR count). The number of rotatable bonds is 5. The van der Waals surface area contributed by atoms with Crippen LogP contribution in [0, 0.1) is 5.41 Å². The lowest BCUT2D eigenvalue weighted by molar-refractivity contribution is -0.129. The Bertz CT molecular complexity index is 466. The van der Waals surface area contributed by atoms with Crippen molar-refractivity contribution < 1.29 is 4.79 Å². The highest BCUT2D eigenvalue weighted by atomic mass is 32.1. The number of amides is 1. The number of hydrogen-bond donors (Lipinski definition) is 2. The molecule has 6 heteroatoms. The standard InChI is InChI=1S/C14H22N4OS/c1-11(10-18-9-5-8-16-18)17-13(19)14(12(15)20)6-3-2-4-7-14/h5,8-9,11H,2-4,6-7,10H2,1H3,(H2,15,20)(H,17,19). The van der Waals surface area contributed by atoms with Crippen LogP contribution >= 0.6 is 12.2 Å². The van der Waals surface area contributed by atoms with Gasteiger partial charge in [-0.3, -0.25) is 9.48 Å². The number of carbonyl (C=O) groups is 1. The van der Waals surface area contributed by atoms with Gasteiger partial charge in [0.1, 0.15) is 0 Å². The van der Waals surface area contributed by atoms with E-state index in [-0.39, 0.29) is 11.9 Å². The van der Waals surface area contributed by atoms with E-state index in [0.717, 1.165) is 32.1 Å². The fourth-order valence-corrected chi connectivity index (χ4v) is 3.13. The summed E-state index contributed by atoms with van der Waals surface area (Å²) in [6.45, 7) is 2.61. The molecular formula is C14H22N4OS. The van der Waals surface area contributed by atoms with Gasteiger partial charge in [0.25, 0.3) is 0 Å². The molecule has 0 radical (unpaired) electrons. The molecule has 1 amide bonds. The number of nitrogens with two attached hydrogens (primary N) is 1. The molecule has 1 unspecified atom stereocenters. The SMILES string of the molecule is CC(Cn1cccn1)NC(=O)C1(C(N)=S)CCCCC1. The number of nitrogens with one attached hydrogen (secondary N) is 1. The Labute approximate surface area is 124 Å². The molecule has 0 saturated heterocycles. The first-order chi connectivity index (χ1) is 9.54. The van der Waals surface area contributed by atoms with Crippen molar-refractivity contribution in [1.29, 1.82) is 0 Å². The van der Waals surface area contributed by atoms with Crippen LogP contribution in [0.3, 0.4) is 0 Å². The third-order valence-electron chi connectivity index (χ3n) is 4.01. The van der Waals surface area contributed by atoms with Gasteiger partial charge in [-0.1, -0.05) is 31.5 Å². The summed E-state index contributed by atoms with van der Waals surface area (Å²) < 4.78 is 1.80. The minimum atomic E-state index is -0.647. The Hall–Kier alpha value is -1.43. The first-order valence-electron chi connectivity index (χ1n) is 7.13. The molecule has 0 aromatic carbocycles. The number of nitrogens with zero attached hydrogens (tertiary/aromatic N) is 2. The first kappa shape index (κ1) is 15.0. The molecule has 110 valence electrons. The van der Waals surface area contributed by atoms with Crippen molar-refractivity contribution in [2.75, 3.05) is 0 Å². The van der Waals surface area contributed by atoms with Crippen LogP contribution in [0.5, 0.6) is 0 Å². The lowest BCUT2D eigenvalue weighted by Crippen LogP contribution is -2.52. The van der Waals surface area contributed by atoms with Crippen LogP contribution in [0.2, 0.25) is 0 Å². The van der Waals surface area contributed by atoms with E-state index < -0.39 is 5.41 Å². The highest BCUT2D eigenvalue weighted by Crippen LogP contribution is 2.37. The smallest absolute Gasteiger partial charge is 0.233 e. The third-order valence-corrected chi connectivity index (χ3v) is 4.40. The highest BCUT2D eigenvalue weighted by molar-refractivity contribution is 7.80. The van der Waals surface area contributed by atoms with Crippen molar-refractivity contribution in [2.24, 2.45) is 11.1 Å². The molecule has 1 saturated carbocycles. The summed E-state index contributed by atoms with van der Waals surface area (Å²) in [4.78, 5) is 12.9. The summed E-state index contributed by atoms with van der Waals surface area (Å²) in [5, 5.41) is 7.19. The predicted octanol–water partition coefficient (Wildman–Crippen LogP) is 1.62. The minimum Gasteiger partial charge on any atom is -0.392 e. The van der Waals surface area contributed by atoms with Crippen molar-refractivity contribution in [3.8, 4) is 0 Å². The zero-order valence-electron chi connectivity index (χ0n) is 11.8. The van der Waals surface area contributed by atoms with Gasteiger partial charge in [0.2, 0.25) is 5.91 Å². The average Bonchev–Trinajstić information content (AvgIpc) is 2.91. The monoisotopic (exact) mass is 294 g/mol. The summed E-state index contributed by atoms with van der Waals surface area (Å²) >= 11 is 5.17. The van der Waals surface area contributed by atoms with Crippen LogP contribution in [0.4, 0.5) is 0 Å². The van der Waals surface area contributed by atoms with Gasteiger partial charge in [0.05, 0.1) is 16.9 Å². The average molecular weight is 294 g/mol. The zero-order chi connectivity index (χ0) is 14.6. The molecule has 1 aromatic heterocycles. The van der Waals surface area contributed by atoms with E-state index in [1.807, 2.05) is 19.2 Å². The highest BCUT2D eigenvalue weighted by Gasteiger charge is 2.42. The Balaban J connectivity index is 1.99. The van der Waals surface area contributed by atoms with Crippen LogP contribution in [-0.4, -0.2) is 26.7 Å². The molecule has 0 aliphatic heterocycles. The maximum atomic E-state index is 12.6. The Morgan fingerprint density at radius 3 is 2.75 bits per heavy atom. The summed E-state index contributed by atoms with van der Waals surface area (Å²) in [6.07, 6.45) is 8.32. The normalized spacial score (nSPS) is 19.2. The molecule has 0 bridgehead atoms. The second kappa shape index (κ2) is 6.35. The molecule has 1 heterocycles. The van der Waals surface area contributed by atoms with Crippen molar-refractivity contribution in [1.82, 2.24) is 15.1 Å². The number of hydrogen-bond acceptors (Lipinski definition) is 3. The van der Waals surface area contributed by atoms with Gasteiger partial charge in [0.15, 0.2) is 0 Å². The van der Waals surface area contributed by atoms with Crippen LogP contribution < -0.4 is 11.1 Å². The van der Waals surface area contributed by atoms with Gasteiger partial charge in [-0.2, -0.15) is 5.10 Å². The van der Waals surface area contributed by atoms with E-state index in [9.17, 15) is 4.79 Å². The summed E-state index contributed by atoms with van der Waals surface area (Å²) in [6, 6.07) is 1.86. The van der Waals surface area contributed by atoms with Crippen molar-refractivity contribution >= 4 is 23.1 Å². The molecular weight excluding hydrogens is 272 g/mol. The van der Waals surface area contributed by atoms with Gasteiger partial charge >= 0.3 is 0 Å². The lowest BCUT2D eigenvalue weighted by atomic mass is 9.73.